The van der Waals surface area contributed by atoms with Gasteiger partial charge in [0, 0.05) is 44.8 Å². The molecule has 1 aliphatic heterocycles. The van der Waals surface area contributed by atoms with E-state index in [2.05, 4.69) is 15.1 Å². The first-order valence-electron chi connectivity index (χ1n) is 10.8. The van der Waals surface area contributed by atoms with Crippen molar-refractivity contribution in [2.75, 3.05) is 58.4 Å². The highest BCUT2D eigenvalue weighted by molar-refractivity contribution is 7.22. The van der Waals surface area contributed by atoms with Gasteiger partial charge in [-0.1, -0.05) is 29.0 Å². The lowest BCUT2D eigenvalue weighted by atomic mass is 10.1. The van der Waals surface area contributed by atoms with Crippen molar-refractivity contribution in [3.05, 3.63) is 47.0 Å². The molecule has 0 aliphatic carbocycles. The fraction of sp³-hybridized carbons (Fsp3) is 0.417. The molecule has 4 rings (SSSR count). The third-order valence-electron chi connectivity index (χ3n) is 5.87. The summed E-state index contributed by atoms with van der Waals surface area (Å²) in [5.74, 6) is 1.38. The molecule has 1 amide bonds. The summed E-state index contributed by atoms with van der Waals surface area (Å²) in [6.45, 7) is 9.20. The van der Waals surface area contributed by atoms with Gasteiger partial charge in [0.15, 0.2) is 16.6 Å². The van der Waals surface area contributed by atoms with E-state index in [1.54, 1.807) is 25.6 Å². The Labute approximate surface area is 192 Å². The molecule has 8 heteroatoms. The van der Waals surface area contributed by atoms with Crippen LogP contribution in [0.15, 0.2) is 30.3 Å². The minimum absolute atomic E-state index is 0.0000120. The Balaban J connectivity index is 1.30. The number of thiazole rings is 1. The number of rotatable bonds is 7. The topological polar surface area (TPSA) is 66.9 Å². The van der Waals surface area contributed by atoms with Gasteiger partial charge in [-0.25, -0.2) is 4.98 Å². The van der Waals surface area contributed by atoms with Crippen LogP contribution in [0.1, 0.15) is 21.5 Å². The largest absolute Gasteiger partial charge is 0.493 e. The van der Waals surface area contributed by atoms with Crippen LogP contribution in [-0.2, 0) is 0 Å². The molecule has 7 nitrogen and oxygen atoms in total. The summed E-state index contributed by atoms with van der Waals surface area (Å²) in [6.07, 6.45) is 0. The number of hydrogen-bond donors (Lipinski definition) is 1. The number of piperazine rings is 1. The van der Waals surface area contributed by atoms with Crippen molar-refractivity contribution in [1.82, 2.24) is 15.2 Å². The molecule has 0 unspecified atom stereocenters. The maximum Gasteiger partial charge on any atom is 0.251 e. The second-order valence-corrected chi connectivity index (χ2v) is 9.06. The van der Waals surface area contributed by atoms with Gasteiger partial charge in [0.1, 0.15) is 5.52 Å². The molecule has 1 fully saturated rings. The number of benzene rings is 2. The third-order valence-corrected chi connectivity index (χ3v) is 6.96. The Kier molecular flexibility index (Phi) is 6.81. The maximum absolute atomic E-state index is 12.5. The lowest BCUT2D eigenvalue weighted by molar-refractivity contribution is 0.0947. The molecule has 32 heavy (non-hydrogen) atoms. The number of nitrogens with one attached hydrogen (secondary N) is 1. The van der Waals surface area contributed by atoms with Crippen molar-refractivity contribution in [2.24, 2.45) is 0 Å². The van der Waals surface area contributed by atoms with Gasteiger partial charge in [0.2, 0.25) is 0 Å². The highest BCUT2D eigenvalue weighted by Gasteiger charge is 2.22. The van der Waals surface area contributed by atoms with Gasteiger partial charge in [-0.15, -0.1) is 0 Å². The van der Waals surface area contributed by atoms with Gasteiger partial charge >= 0.3 is 0 Å². The van der Waals surface area contributed by atoms with E-state index < -0.39 is 0 Å². The first-order valence-corrected chi connectivity index (χ1v) is 11.7. The molecule has 0 spiro atoms. The number of carbonyl (C=O) groups excluding carboxylic acids is 1. The van der Waals surface area contributed by atoms with Crippen LogP contribution in [-0.4, -0.2) is 69.3 Å². The fourth-order valence-corrected chi connectivity index (χ4v) is 5.10. The van der Waals surface area contributed by atoms with E-state index in [1.807, 2.05) is 44.2 Å². The molecule has 2 aromatic carbocycles. The number of carbonyl (C=O) groups is 1. The van der Waals surface area contributed by atoms with E-state index in [0.717, 1.165) is 59.2 Å². The highest BCUT2D eigenvalue weighted by atomic mass is 32.1. The number of aryl methyl sites for hydroxylation is 2. The van der Waals surface area contributed by atoms with E-state index in [0.29, 0.717) is 18.0 Å². The molecule has 0 saturated carbocycles. The van der Waals surface area contributed by atoms with Crippen LogP contribution in [0.2, 0.25) is 0 Å². The molecule has 0 radical (unpaired) electrons. The molecule has 3 aromatic rings. The Morgan fingerprint density at radius 1 is 1.09 bits per heavy atom. The zero-order chi connectivity index (χ0) is 22.7. The number of anilines is 1. The number of hydrogen-bond acceptors (Lipinski definition) is 7. The van der Waals surface area contributed by atoms with Crippen LogP contribution in [0.25, 0.3) is 10.2 Å². The monoisotopic (exact) mass is 454 g/mol. The third kappa shape index (κ3) is 4.66. The van der Waals surface area contributed by atoms with Gasteiger partial charge < -0.3 is 19.7 Å². The second-order valence-electron chi connectivity index (χ2n) is 8.05. The Morgan fingerprint density at radius 3 is 2.56 bits per heavy atom. The first-order chi connectivity index (χ1) is 15.5. The maximum atomic E-state index is 12.5. The summed E-state index contributed by atoms with van der Waals surface area (Å²) in [5.41, 5.74) is 3.79. The molecule has 0 bridgehead atoms. The summed E-state index contributed by atoms with van der Waals surface area (Å²) in [7, 11) is 3.29. The Hall–Kier alpha value is -2.84. The fourth-order valence-electron chi connectivity index (χ4n) is 4.09. The smallest absolute Gasteiger partial charge is 0.251 e. The molecule has 2 heterocycles. The van der Waals surface area contributed by atoms with Gasteiger partial charge in [0.05, 0.1) is 18.9 Å². The molecule has 1 N–H and O–H groups in total. The normalized spacial score (nSPS) is 14.6. The standard InChI is InChI=1S/C24H30N4O3S/c1-16-5-6-18(17(2)15-16)23(29)25-9-10-27-11-13-28(14-12-27)24-26-21-20(32-24)8-7-19(30-3)22(21)31-4/h5-8,15H,9-14H2,1-4H3,(H,25,29). The summed E-state index contributed by atoms with van der Waals surface area (Å²) in [4.78, 5) is 22.0. The van der Waals surface area contributed by atoms with Crippen LogP contribution in [0.4, 0.5) is 5.13 Å². The molecule has 1 aromatic heterocycles. The van der Waals surface area contributed by atoms with Crippen LogP contribution >= 0.6 is 11.3 Å². The van der Waals surface area contributed by atoms with Crippen LogP contribution in [0.3, 0.4) is 0 Å². The number of fused-ring (bicyclic) bond motifs is 1. The number of ether oxygens (including phenoxy) is 2. The van der Waals surface area contributed by atoms with E-state index >= 15 is 0 Å². The zero-order valence-corrected chi connectivity index (χ0v) is 19.9. The number of nitrogens with zero attached hydrogens (tertiary/aromatic N) is 3. The van der Waals surface area contributed by atoms with Crippen LogP contribution < -0.4 is 19.7 Å². The quantitative estimate of drug-likeness (QED) is 0.590. The van der Waals surface area contributed by atoms with Crippen molar-refractivity contribution < 1.29 is 14.3 Å². The second kappa shape index (κ2) is 9.75. The molecular formula is C24H30N4O3S. The minimum atomic E-state index is -0.0000120. The van der Waals surface area contributed by atoms with E-state index in [9.17, 15) is 4.79 Å². The van der Waals surface area contributed by atoms with Crippen molar-refractivity contribution in [3.8, 4) is 11.5 Å². The lowest BCUT2D eigenvalue weighted by Crippen LogP contribution is -2.48. The van der Waals surface area contributed by atoms with E-state index in [-0.39, 0.29) is 5.91 Å². The summed E-state index contributed by atoms with van der Waals surface area (Å²) >= 11 is 1.68. The van der Waals surface area contributed by atoms with Crippen LogP contribution in [0.5, 0.6) is 11.5 Å². The molecular weight excluding hydrogens is 424 g/mol. The number of methoxy groups -OCH3 is 2. The van der Waals surface area contributed by atoms with Gasteiger partial charge in [-0.2, -0.15) is 0 Å². The van der Waals surface area contributed by atoms with Gasteiger partial charge in [-0.3, -0.25) is 9.69 Å². The molecule has 1 aliphatic rings. The van der Waals surface area contributed by atoms with Crippen molar-refractivity contribution in [3.63, 3.8) is 0 Å². The van der Waals surface area contributed by atoms with Crippen molar-refractivity contribution >= 4 is 32.6 Å². The SMILES string of the molecule is COc1ccc2sc(N3CCN(CCNC(=O)c4ccc(C)cc4C)CC3)nc2c1OC. The van der Waals surface area contributed by atoms with E-state index in [1.165, 1.54) is 5.56 Å². The average Bonchev–Trinajstić information content (AvgIpc) is 3.23. The van der Waals surface area contributed by atoms with E-state index in [4.69, 9.17) is 14.5 Å². The molecule has 1 saturated heterocycles. The number of amides is 1. The Bertz CT molecular complexity index is 1110. The van der Waals surface area contributed by atoms with Crippen molar-refractivity contribution in [2.45, 2.75) is 13.8 Å². The predicted molar refractivity (Wildman–Crippen MR) is 130 cm³/mol. The predicted octanol–water partition coefficient (Wildman–Crippen LogP) is 3.48. The molecule has 0 atom stereocenters. The highest BCUT2D eigenvalue weighted by Crippen LogP contribution is 2.40. The average molecular weight is 455 g/mol. The summed E-state index contributed by atoms with van der Waals surface area (Å²) in [6, 6.07) is 9.89. The first kappa shape index (κ1) is 22.4. The zero-order valence-electron chi connectivity index (χ0n) is 19.1. The lowest BCUT2D eigenvalue weighted by Gasteiger charge is -2.34. The summed E-state index contributed by atoms with van der Waals surface area (Å²) in [5, 5.41) is 4.07. The van der Waals surface area contributed by atoms with Gasteiger partial charge in [-0.05, 0) is 37.6 Å². The minimum Gasteiger partial charge on any atom is -0.493 e. The van der Waals surface area contributed by atoms with Gasteiger partial charge in [0.25, 0.3) is 5.91 Å². The van der Waals surface area contributed by atoms with Crippen LogP contribution in [0, 0.1) is 13.8 Å². The van der Waals surface area contributed by atoms with Crippen molar-refractivity contribution in [1.29, 1.82) is 0 Å². The summed E-state index contributed by atoms with van der Waals surface area (Å²) < 4.78 is 12.0. The molecule has 170 valence electrons. The Morgan fingerprint density at radius 2 is 1.88 bits per heavy atom. The number of aromatic nitrogens is 1.